The van der Waals surface area contributed by atoms with Crippen molar-refractivity contribution >= 4 is 22.4 Å². The summed E-state index contributed by atoms with van der Waals surface area (Å²) in [5, 5.41) is 0. The molecule has 0 heterocycles. The van der Waals surface area contributed by atoms with Crippen LogP contribution in [0.15, 0.2) is 47.4 Å². The fraction of sp³-hybridized carbons (Fsp3) is 0.478. The number of nitrogens with zero attached hydrogens (tertiary/aromatic N) is 2. The van der Waals surface area contributed by atoms with E-state index < -0.39 is 10.0 Å². The maximum Gasteiger partial charge on any atom is 0.243 e. The molecule has 0 unspecified atom stereocenters. The zero-order chi connectivity index (χ0) is 21.1. The summed E-state index contributed by atoms with van der Waals surface area (Å²) in [7, 11) is 0.309. The fourth-order valence-electron chi connectivity index (χ4n) is 3.30. The van der Waals surface area contributed by atoms with E-state index in [2.05, 4.69) is 20.8 Å². The van der Waals surface area contributed by atoms with Gasteiger partial charge in [-0.2, -0.15) is 4.31 Å². The highest BCUT2D eigenvalue weighted by molar-refractivity contribution is 7.89. The highest BCUT2D eigenvalue weighted by atomic mass is 35.5. The normalized spacial score (nSPS) is 12.3. The van der Waals surface area contributed by atoms with Crippen molar-refractivity contribution in [3.05, 3.63) is 64.7 Å². The number of benzene rings is 2. The molecule has 162 valence electrons. The molecule has 0 radical (unpaired) electrons. The van der Waals surface area contributed by atoms with Gasteiger partial charge in [0.15, 0.2) is 0 Å². The summed E-state index contributed by atoms with van der Waals surface area (Å²) in [6.45, 7) is 11.7. The van der Waals surface area contributed by atoms with Crippen LogP contribution in [0.1, 0.15) is 43.0 Å². The highest BCUT2D eigenvalue weighted by Gasteiger charge is 2.29. The van der Waals surface area contributed by atoms with Crippen molar-refractivity contribution in [2.24, 2.45) is 0 Å². The van der Waals surface area contributed by atoms with Crippen LogP contribution >= 0.6 is 12.4 Å². The van der Waals surface area contributed by atoms with Crippen LogP contribution in [0, 0.1) is 13.8 Å². The van der Waals surface area contributed by atoms with Crippen LogP contribution in [0.5, 0.6) is 0 Å². The zero-order valence-electron chi connectivity index (χ0n) is 18.7. The van der Waals surface area contributed by atoms with Gasteiger partial charge >= 0.3 is 0 Å². The predicted octanol–water partition coefficient (Wildman–Crippen LogP) is 4.78. The molecule has 0 bridgehead atoms. The number of sulfonamides is 1. The van der Waals surface area contributed by atoms with Gasteiger partial charge in [-0.1, -0.05) is 63.2 Å². The van der Waals surface area contributed by atoms with Crippen LogP contribution in [0.2, 0.25) is 0 Å². The summed E-state index contributed by atoms with van der Waals surface area (Å²) in [4.78, 5) is 2.45. The first-order valence-electron chi connectivity index (χ1n) is 9.73. The third-order valence-electron chi connectivity index (χ3n) is 4.92. The van der Waals surface area contributed by atoms with E-state index >= 15 is 0 Å². The first-order chi connectivity index (χ1) is 12.9. The predicted molar refractivity (Wildman–Crippen MR) is 124 cm³/mol. The van der Waals surface area contributed by atoms with Gasteiger partial charge in [0.1, 0.15) is 0 Å². The smallest absolute Gasteiger partial charge is 0.243 e. The maximum atomic E-state index is 13.7. The Balaban J connectivity index is 0.00000420. The van der Waals surface area contributed by atoms with Gasteiger partial charge in [0, 0.05) is 19.6 Å². The topological polar surface area (TPSA) is 40.6 Å². The first-order valence-corrected chi connectivity index (χ1v) is 11.2. The molecule has 2 aromatic rings. The second kappa shape index (κ2) is 10.1. The molecule has 0 amide bonds. The lowest BCUT2D eigenvalue weighted by Crippen LogP contribution is -2.37. The second-order valence-electron chi connectivity index (χ2n) is 8.82. The molecule has 0 spiro atoms. The Kier molecular flexibility index (Phi) is 8.90. The minimum Gasteiger partial charge on any atom is -0.308 e. The van der Waals surface area contributed by atoms with Gasteiger partial charge in [-0.3, -0.25) is 0 Å². The van der Waals surface area contributed by atoms with Gasteiger partial charge < -0.3 is 4.90 Å². The van der Waals surface area contributed by atoms with E-state index in [1.165, 1.54) is 0 Å². The SMILES string of the molecule is Cc1cc(C(C)(C)C)cc(C)c1S(=O)(=O)N(CCN(C)C)Cc1ccccc1.Cl. The van der Waals surface area contributed by atoms with Gasteiger partial charge in [0.25, 0.3) is 0 Å². The lowest BCUT2D eigenvalue weighted by molar-refractivity contribution is 0.329. The molecule has 0 fully saturated rings. The number of rotatable bonds is 7. The average molecular weight is 439 g/mol. The van der Waals surface area contributed by atoms with Gasteiger partial charge in [0.05, 0.1) is 4.90 Å². The minimum atomic E-state index is -3.61. The molecular formula is C23H35ClN2O2S. The lowest BCUT2D eigenvalue weighted by Gasteiger charge is -2.27. The van der Waals surface area contributed by atoms with Crippen molar-refractivity contribution in [2.75, 3.05) is 27.2 Å². The van der Waals surface area contributed by atoms with Crippen LogP contribution in [-0.4, -0.2) is 44.8 Å². The molecule has 0 N–H and O–H groups in total. The van der Waals surface area contributed by atoms with Crippen LogP contribution in [0.4, 0.5) is 0 Å². The van der Waals surface area contributed by atoms with Gasteiger partial charge in [-0.05, 0) is 55.6 Å². The zero-order valence-corrected chi connectivity index (χ0v) is 20.3. The van der Waals surface area contributed by atoms with Crippen molar-refractivity contribution in [2.45, 2.75) is 51.5 Å². The Bertz CT molecular complexity index is 881. The Hall–Kier alpha value is -1.40. The van der Waals surface area contributed by atoms with Crippen LogP contribution in [0.3, 0.4) is 0 Å². The summed E-state index contributed by atoms with van der Waals surface area (Å²) in [6, 6.07) is 13.8. The van der Waals surface area contributed by atoms with E-state index in [4.69, 9.17) is 0 Å². The number of likely N-dealkylation sites (N-methyl/N-ethyl adjacent to an activating group) is 1. The number of aryl methyl sites for hydroxylation is 2. The van der Waals surface area contributed by atoms with Crippen LogP contribution in [0.25, 0.3) is 0 Å². The quantitative estimate of drug-likeness (QED) is 0.624. The molecule has 29 heavy (non-hydrogen) atoms. The second-order valence-corrected chi connectivity index (χ2v) is 10.7. The van der Waals surface area contributed by atoms with E-state index in [1.807, 2.05) is 75.3 Å². The number of hydrogen-bond donors (Lipinski definition) is 0. The third kappa shape index (κ3) is 6.54. The maximum absolute atomic E-state index is 13.7. The molecule has 0 aliphatic heterocycles. The van der Waals surface area contributed by atoms with E-state index in [1.54, 1.807) is 4.31 Å². The molecule has 4 nitrogen and oxygen atoms in total. The molecule has 0 saturated heterocycles. The average Bonchev–Trinajstić information content (AvgIpc) is 2.57. The summed E-state index contributed by atoms with van der Waals surface area (Å²) in [5.74, 6) is 0. The largest absolute Gasteiger partial charge is 0.308 e. The van der Waals surface area contributed by atoms with Gasteiger partial charge in [0.2, 0.25) is 10.0 Å². The Labute approximate surface area is 183 Å². The molecule has 2 rings (SSSR count). The molecule has 0 aliphatic rings. The first kappa shape index (κ1) is 25.6. The summed E-state index contributed by atoms with van der Waals surface area (Å²) in [6.07, 6.45) is 0. The van der Waals surface area contributed by atoms with E-state index in [0.29, 0.717) is 24.5 Å². The number of halogens is 1. The van der Waals surface area contributed by atoms with Crippen molar-refractivity contribution in [3.63, 3.8) is 0 Å². The van der Waals surface area contributed by atoms with Crippen molar-refractivity contribution in [1.29, 1.82) is 0 Å². The van der Waals surface area contributed by atoms with E-state index in [0.717, 1.165) is 22.3 Å². The van der Waals surface area contributed by atoms with E-state index in [-0.39, 0.29) is 17.8 Å². The minimum absolute atomic E-state index is 0. The molecule has 0 saturated carbocycles. The van der Waals surface area contributed by atoms with E-state index in [9.17, 15) is 8.42 Å². The molecule has 0 aromatic heterocycles. The Morgan fingerprint density at radius 3 is 1.86 bits per heavy atom. The van der Waals surface area contributed by atoms with Crippen LogP contribution in [-0.2, 0) is 22.0 Å². The van der Waals surface area contributed by atoms with Gasteiger partial charge in [-0.15, -0.1) is 12.4 Å². The van der Waals surface area contributed by atoms with Crippen molar-refractivity contribution < 1.29 is 8.42 Å². The molecular weight excluding hydrogens is 404 g/mol. The standard InChI is InChI=1S/C23H34N2O2S.ClH/c1-18-15-21(23(3,4)5)16-19(2)22(18)28(26,27)25(14-13-24(6)7)17-20-11-9-8-10-12-20;/h8-12,15-16H,13-14,17H2,1-7H3;1H. The Morgan fingerprint density at radius 1 is 0.897 bits per heavy atom. The number of hydrogen-bond acceptors (Lipinski definition) is 3. The highest BCUT2D eigenvalue weighted by Crippen LogP contribution is 2.31. The van der Waals surface area contributed by atoms with Crippen molar-refractivity contribution in [1.82, 2.24) is 9.21 Å². The van der Waals surface area contributed by atoms with Gasteiger partial charge in [-0.25, -0.2) is 8.42 Å². The summed E-state index contributed by atoms with van der Waals surface area (Å²) >= 11 is 0. The monoisotopic (exact) mass is 438 g/mol. The molecule has 0 atom stereocenters. The molecule has 2 aromatic carbocycles. The fourth-order valence-corrected chi connectivity index (χ4v) is 5.13. The molecule has 6 heteroatoms. The summed E-state index contributed by atoms with van der Waals surface area (Å²) < 4.78 is 28.9. The lowest BCUT2D eigenvalue weighted by atomic mass is 9.85. The summed E-state index contributed by atoms with van der Waals surface area (Å²) in [5.41, 5.74) is 3.75. The molecule has 0 aliphatic carbocycles. The van der Waals surface area contributed by atoms with Crippen molar-refractivity contribution in [3.8, 4) is 0 Å². The van der Waals surface area contributed by atoms with Crippen LogP contribution < -0.4 is 0 Å². The third-order valence-corrected chi connectivity index (χ3v) is 7.07. The Morgan fingerprint density at radius 2 is 1.41 bits per heavy atom.